The third-order valence-electron chi connectivity index (χ3n) is 3.96. The summed E-state index contributed by atoms with van der Waals surface area (Å²) >= 11 is 0. The topological polar surface area (TPSA) is 49.3 Å². The van der Waals surface area contributed by atoms with Crippen molar-refractivity contribution in [3.05, 3.63) is 0 Å². The summed E-state index contributed by atoms with van der Waals surface area (Å²) in [6.45, 7) is 0.859. The number of nitrogens with one attached hydrogen (secondary N) is 1. The summed E-state index contributed by atoms with van der Waals surface area (Å²) in [6, 6.07) is 0. The van der Waals surface area contributed by atoms with E-state index in [0.717, 1.165) is 19.4 Å². The van der Waals surface area contributed by atoms with Crippen molar-refractivity contribution in [3.8, 4) is 0 Å². The van der Waals surface area contributed by atoms with E-state index in [1.165, 1.54) is 0 Å². The van der Waals surface area contributed by atoms with Gasteiger partial charge >= 0.3 is 0 Å². The molecule has 3 fully saturated rings. The zero-order chi connectivity index (χ0) is 8.29. The summed E-state index contributed by atoms with van der Waals surface area (Å²) in [6.07, 6.45) is 1.82. The van der Waals surface area contributed by atoms with Crippen LogP contribution in [0.2, 0.25) is 0 Å². The molecule has 0 aromatic carbocycles. The van der Waals surface area contributed by atoms with E-state index in [1.54, 1.807) is 0 Å². The molecule has 66 valence electrons. The summed E-state index contributed by atoms with van der Waals surface area (Å²) in [5.74, 6) is 1.78. The molecule has 1 aliphatic heterocycles. The minimum atomic E-state index is -0.194. The van der Waals surface area contributed by atoms with Crippen LogP contribution in [0.5, 0.6) is 0 Å². The van der Waals surface area contributed by atoms with E-state index in [1.807, 2.05) is 0 Å². The molecule has 2 saturated carbocycles. The highest BCUT2D eigenvalue weighted by molar-refractivity contribution is 5.82. The smallest absolute Gasteiger partial charge is 0.223 e. The first-order valence-electron chi connectivity index (χ1n) is 4.73. The van der Waals surface area contributed by atoms with Gasteiger partial charge in [0.1, 0.15) is 0 Å². The van der Waals surface area contributed by atoms with Crippen LogP contribution >= 0.6 is 0 Å². The lowest BCUT2D eigenvalue weighted by molar-refractivity contribution is -0.125. The molecular formula is C9H13NO2. The highest BCUT2D eigenvalue weighted by Gasteiger charge is 2.57. The van der Waals surface area contributed by atoms with Crippen LogP contribution < -0.4 is 5.32 Å². The first-order valence-corrected chi connectivity index (χ1v) is 4.73. The summed E-state index contributed by atoms with van der Waals surface area (Å²) in [5, 5.41) is 12.5. The number of aliphatic hydroxyl groups is 1. The molecule has 3 heteroatoms. The standard InChI is InChI=1S/C9H13NO2/c11-7-2-4-1-5(7)8-6(4)3-10-9(8)12/h4-8,11H,1-3H2,(H,10,12). The maximum Gasteiger partial charge on any atom is 0.223 e. The molecule has 3 aliphatic rings. The molecule has 3 rings (SSSR count). The first-order chi connectivity index (χ1) is 5.77. The van der Waals surface area contributed by atoms with Gasteiger partial charge in [0.2, 0.25) is 5.91 Å². The van der Waals surface area contributed by atoms with Gasteiger partial charge in [-0.05, 0) is 30.6 Å². The number of fused-ring (bicyclic) bond motifs is 5. The van der Waals surface area contributed by atoms with Crippen LogP contribution in [0.1, 0.15) is 12.8 Å². The first kappa shape index (κ1) is 6.89. The van der Waals surface area contributed by atoms with Gasteiger partial charge in [-0.1, -0.05) is 0 Å². The maximum absolute atomic E-state index is 11.4. The minimum absolute atomic E-state index is 0.152. The Balaban J connectivity index is 1.95. The Bertz CT molecular complexity index is 241. The minimum Gasteiger partial charge on any atom is -0.393 e. The molecule has 0 radical (unpaired) electrons. The Kier molecular flexibility index (Phi) is 1.16. The van der Waals surface area contributed by atoms with E-state index < -0.39 is 0 Å². The number of hydrogen-bond donors (Lipinski definition) is 2. The van der Waals surface area contributed by atoms with E-state index in [2.05, 4.69) is 5.32 Å². The van der Waals surface area contributed by atoms with E-state index >= 15 is 0 Å². The molecule has 2 bridgehead atoms. The van der Waals surface area contributed by atoms with E-state index in [4.69, 9.17) is 0 Å². The van der Waals surface area contributed by atoms with Gasteiger partial charge in [-0.3, -0.25) is 4.79 Å². The predicted molar refractivity (Wildman–Crippen MR) is 42.2 cm³/mol. The number of carbonyl (C=O) groups is 1. The van der Waals surface area contributed by atoms with Crippen LogP contribution in [-0.4, -0.2) is 23.7 Å². The van der Waals surface area contributed by atoms with Crippen LogP contribution in [0.3, 0.4) is 0 Å². The third-order valence-corrected chi connectivity index (χ3v) is 3.96. The van der Waals surface area contributed by atoms with Gasteiger partial charge in [-0.25, -0.2) is 0 Å². The summed E-state index contributed by atoms with van der Waals surface area (Å²) in [5.41, 5.74) is 0. The third kappa shape index (κ3) is 0.637. The number of carbonyl (C=O) groups excluding carboxylic acids is 1. The van der Waals surface area contributed by atoms with Gasteiger partial charge in [0, 0.05) is 12.5 Å². The summed E-state index contributed by atoms with van der Waals surface area (Å²) in [4.78, 5) is 11.4. The molecule has 1 heterocycles. The monoisotopic (exact) mass is 167 g/mol. The van der Waals surface area contributed by atoms with E-state index in [9.17, 15) is 9.90 Å². The fourth-order valence-electron chi connectivity index (χ4n) is 3.45. The average Bonchev–Trinajstić information content (AvgIpc) is 2.62. The Morgan fingerprint density at radius 2 is 2.17 bits per heavy atom. The molecule has 0 spiro atoms. The lowest BCUT2D eigenvalue weighted by Gasteiger charge is -2.25. The highest BCUT2D eigenvalue weighted by atomic mass is 16.3. The second-order valence-corrected chi connectivity index (χ2v) is 4.40. The average molecular weight is 167 g/mol. The fourth-order valence-corrected chi connectivity index (χ4v) is 3.45. The molecule has 3 nitrogen and oxygen atoms in total. The molecule has 2 aliphatic carbocycles. The molecule has 12 heavy (non-hydrogen) atoms. The zero-order valence-electron chi connectivity index (χ0n) is 6.86. The maximum atomic E-state index is 11.4. The fraction of sp³-hybridized carbons (Fsp3) is 0.889. The van der Waals surface area contributed by atoms with Crippen LogP contribution in [0, 0.1) is 23.7 Å². The van der Waals surface area contributed by atoms with Crippen molar-refractivity contribution in [2.75, 3.05) is 6.54 Å². The van der Waals surface area contributed by atoms with Gasteiger partial charge in [-0.15, -0.1) is 0 Å². The summed E-state index contributed by atoms with van der Waals surface area (Å²) < 4.78 is 0. The summed E-state index contributed by atoms with van der Waals surface area (Å²) in [7, 11) is 0. The van der Waals surface area contributed by atoms with Gasteiger partial charge in [0.25, 0.3) is 0 Å². The SMILES string of the molecule is O=C1NCC2C3CC(O)C(C3)C12. The second-order valence-electron chi connectivity index (χ2n) is 4.40. The molecule has 5 atom stereocenters. The number of rotatable bonds is 0. The van der Waals surface area contributed by atoms with E-state index in [0.29, 0.717) is 11.8 Å². The molecule has 1 amide bonds. The predicted octanol–water partition coefficient (Wildman–Crippen LogP) is -0.251. The normalized spacial score (nSPS) is 55.8. The Hall–Kier alpha value is -0.570. The largest absolute Gasteiger partial charge is 0.393 e. The molecule has 0 aromatic heterocycles. The number of hydrogen-bond acceptors (Lipinski definition) is 2. The van der Waals surface area contributed by atoms with Gasteiger partial charge in [0.05, 0.1) is 6.10 Å². The van der Waals surface area contributed by atoms with Crippen LogP contribution in [0.15, 0.2) is 0 Å². The number of aliphatic hydroxyl groups excluding tert-OH is 1. The van der Waals surface area contributed by atoms with E-state index in [-0.39, 0.29) is 23.8 Å². The van der Waals surface area contributed by atoms with Crippen LogP contribution in [0.4, 0.5) is 0 Å². The van der Waals surface area contributed by atoms with Crippen molar-refractivity contribution < 1.29 is 9.90 Å². The van der Waals surface area contributed by atoms with Gasteiger partial charge < -0.3 is 10.4 Å². The Labute approximate surface area is 71.1 Å². The van der Waals surface area contributed by atoms with Crippen molar-refractivity contribution in [2.45, 2.75) is 18.9 Å². The van der Waals surface area contributed by atoms with Crippen molar-refractivity contribution in [3.63, 3.8) is 0 Å². The lowest BCUT2D eigenvalue weighted by Crippen LogP contribution is -2.32. The number of amides is 1. The molecule has 1 saturated heterocycles. The second kappa shape index (κ2) is 2.02. The highest BCUT2D eigenvalue weighted by Crippen LogP contribution is 2.53. The zero-order valence-corrected chi connectivity index (χ0v) is 6.86. The van der Waals surface area contributed by atoms with Gasteiger partial charge in [-0.2, -0.15) is 0 Å². The lowest BCUT2D eigenvalue weighted by atomic mass is 9.80. The van der Waals surface area contributed by atoms with Crippen LogP contribution in [0.25, 0.3) is 0 Å². The Morgan fingerprint density at radius 1 is 1.33 bits per heavy atom. The Morgan fingerprint density at radius 3 is 3.00 bits per heavy atom. The van der Waals surface area contributed by atoms with Crippen molar-refractivity contribution >= 4 is 5.91 Å². The quantitative estimate of drug-likeness (QED) is 0.522. The molecular weight excluding hydrogens is 154 g/mol. The molecule has 0 aromatic rings. The van der Waals surface area contributed by atoms with Crippen molar-refractivity contribution in [1.29, 1.82) is 0 Å². The molecule has 5 unspecified atom stereocenters. The van der Waals surface area contributed by atoms with Crippen LogP contribution in [-0.2, 0) is 4.79 Å². The van der Waals surface area contributed by atoms with Gasteiger partial charge in [0.15, 0.2) is 0 Å². The molecule has 2 N–H and O–H groups in total. The van der Waals surface area contributed by atoms with Crippen molar-refractivity contribution in [2.24, 2.45) is 23.7 Å². The van der Waals surface area contributed by atoms with Crippen molar-refractivity contribution in [1.82, 2.24) is 5.32 Å².